The molecule has 2 fully saturated rings. The number of nitrogens with one attached hydrogen (secondary N) is 2. The van der Waals surface area contributed by atoms with Crippen LogP contribution in [0.15, 0.2) is 24.4 Å². The van der Waals surface area contributed by atoms with Crippen LogP contribution < -0.4 is 27.0 Å². The second kappa shape index (κ2) is 8.97. The number of carbonyl (C=O) groups excluding carboxylic acids is 2. The number of aromatic nitrogens is 2. The molecular formula is C24H31N7O2. The summed E-state index contributed by atoms with van der Waals surface area (Å²) in [5.41, 5.74) is 14.9. The van der Waals surface area contributed by atoms with Gasteiger partial charge in [-0.05, 0) is 56.2 Å². The molecule has 0 saturated heterocycles. The number of hydrogen-bond donors (Lipinski definition) is 4. The van der Waals surface area contributed by atoms with Crippen LogP contribution in [-0.2, 0) is 11.2 Å². The summed E-state index contributed by atoms with van der Waals surface area (Å²) in [4.78, 5) is 35.7. The molecule has 6 N–H and O–H groups in total. The second-order valence-corrected chi connectivity index (χ2v) is 9.32. The minimum atomic E-state index is -0.603. The van der Waals surface area contributed by atoms with Crippen molar-refractivity contribution < 1.29 is 9.59 Å². The van der Waals surface area contributed by atoms with Crippen LogP contribution >= 0.6 is 0 Å². The maximum atomic E-state index is 12.8. The quantitative estimate of drug-likeness (QED) is 0.532. The molecule has 0 bridgehead atoms. The van der Waals surface area contributed by atoms with Gasteiger partial charge in [-0.25, -0.2) is 4.98 Å². The van der Waals surface area contributed by atoms with Gasteiger partial charge in [0.05, 0.1) is 0 Å². The lowest BCUT2D eigenvalue weighted by Crippen LogP contribution is -2.43. The van der Waals surface area contributed by atoms with E-state index in [1.807, 2.05) is 23.1 Å². The third-order valence-electron chi connectivity index (χ3n) is 6.88. The van der Waals surface area contributed by atoms with Crippen molar-refractivity contribution in [2.45, 2.75) is 63.5 Å². The first-order valence-corrected chi connectivity index (χ1v) is 11.9. The fourth-order valence-corrected chi connectivity index (χ4v) is 4.88. The Morgan fingerprint density at radius 2 is 1.91 bits per heavy atom. The number of fused-ring (bicyclic) bond motifs is 1. The van der Waals surface area contributed by atoms with Gasteiger partial charge >= 0.3 is 0 Å². The van der Waals surface area contributed by atoms with Gasteiger partial charge in [0.25, 0.3) is 5.91 Å². The number of hydrogen-bond acceptors (Lipinski definition) is 7. The summed E-state index contributed by atoms with van der Waals surface area (Å²) in [7, 11) is 0. The molecule has 33 heavy (non-hydrogen) atoms. The Morgan fingerprint density at radius 1 is 1.09 bits per heavy atom. The van der Waals surface area contributed by atoms with Gasteiger partial charge < -0.3 is 27.0 Å². The fourth-order valence-electron chi connectivity index (χ4n) is 4.88. The first kappa shape index (κ1) is 21.6. The van der Waals surface area contributed by atoms with E-state index >= 15 is 0 Å². The van der Waals surface area contributed by atoms with E-state index < -0.39 is 5.91 Å². The van der Waals surface area contributed by atoms with Crippen molar-refractivity contribution in [3.05, 3.63) is 35.5 Å². The zero-order valence-electron chi connectivity index (χ0n) is 18.7. The maximum absolute atomic E-state index is 12.8. The van der Waals surface area contributed by atoms with E-state index in [4.69, 9.17) is 11.5 Å². The van der Waals surface area contributed by atoms with Gasteiger partial charge in [-0.15, -0.1) is 0 Å². The van der Waals surface area contributed by atoms with E-state index in [1.54, 1.807) is 0 Å². The van der Waals surface area contributed by atoms with Gasteiger partial charge in [-0.1, -0.05) is 18.9 Å². The number of nitrogens with zero attached hydrogens (tertiary/aromatic N) is 3. The number of nitrogens with two attached hydrogens (primary N) is 2. The lowest BCUT2D eigenvalue weighted by atomic mass is 9.91. The topological polar surface area (TPSA) is 139 Å². The van der Waals surface area contributed by atoms with E-state index in [2.05, 4.69) is 20.6 Å². The first-order valence-electron chi connectivity index (χ1n) is 11.9. The molecule has 0 radical (unpaired) electrons. The molecule has 0 spiro atoms. The van der Waals surface area contributed by atoms with E-state index in [1.165, 1.54) is 6.20 Å². The molecule has 2 unspecified atom stereocenters. The highest BCUT2D eigenvalue weighted by Gasteiger charge is 2.36. The molecule has 2 heterocycles. The van der Waals surface area contributed by atoms with Crippen LogP contribution in [0.1, 0.15) is 60.9 Å². The van der Waals surface area contributed by atoms with Crippen molar-refractivity contribution in [3.8, 4) is 0 Å². The van der Waals surface area contributed by atoms with Gasteiger partial charge in [0.2, 0.25) is 11.9 Å². The zero-order chi connectivity index (χ0) is 22.9. The van der Waals surface area contributed by atoms with Crippen LogP contribution in [-0.4, -0.2) is 40.4 Å². The monoisotopic (exact) mass is 449 g/mol. The Labute approximate surface area is 193 Å². The Morgan fingerprint density at radius 3 is 2.67 bits per heavy atom. The highest BCUT2D eigenvalue weighted by Crippen LogP contribution is 2.39. The molecule has 2 saturated carbocycles. The zero-order valence-corrected chi connectivity index (χ0v) is 18.7. The predicted octanol–water partition coefficient (Wildman–Crippen LogP) is 2.69. The molecule has 2 atom stereocenters. The highest BCUT2D eigenvalue weighted by atomic mass is 16.2. The molecule has 174 valence electrons. The first-order chi connectivity index (χ1) is 16.0. The van der Waals surface area contributed by atoms with E-state index in [0.717, 1.165) is 74.8 Å². The smallest absolute Gasteiger partial charge is 0.254 e. The van der Waals surface area contributed by atoms with Crippen LogP contribution in [0, 0.1) is 5.92 Å². The Hall–Kier alpha value is -3.20. The van der Waals surface area contributed by atoms with Crippen molar-refractivity contribution in [1.82, 2.24) is 9.97 Å². The third kappa shape index (κ3) is 4.50. The van der Waals surface area contributed by atoms with Crippen LogP contribution in [0.5, 0.6) is 0 Å². The molecule has 9 heteroatoms. The number of amides is 2. The maximum Gasteiger partial charge on any atom is 0.254 e. The van der Waals surface area contributed by atoms with Crippen LogP contribution in [0.3, 0.4) is 0 Å². The summed E-state index contributed by atoms with van der Waals surface area (Å²) in [5.74, 6) is 0.538. The molecule has 1 aromatic carbocycles. The minimum absolute atomic E-state index is 0.0470. The Balaban J connectivity index is 1.44. The van der Waals surface area contributed by atoms with Gasteiger partial charge in [-0.2, -0.15) is 4.98 Å². The standard InChI is InChI=1S/C24H31N7O2/c25-17-6-1-2-7-19(17)29-24-27-13-16(21(26)32)22(30-24)28-18-8-3-9-20-15(18)5-4-12-31(20)23(33)14-10-11-14/h3,8-9,13-14,17,19H,1-2,4-7,10-12,25H2,(H2,26,32)(H2,27,28,29,30). The molecule has 5 rings (SSSR count). The molecule has 1 aliphatic heterocycles. The summed E-state index contributed by atoms with van der Waals surface area (Å²) < 4.78 is 0. The normalized spacial score (nSPS) is 22.4. The van der Waals surface area contributed by atoms with Crippen molar-refractivity contribution in [2.24, 2.45) is 17.4 Å². The molecular weight excluding hydrogens is 418 g/mol. The lowest BCUT2D eigenvalue weighted by molar-refractivity contribution is -0.119. The molecule has 2 aromatic rings. The highest BCUT2D eigenvalue weighted by molar-refractivity contribution is 6.00. The molecule has 3 aliphatic rings. The Kier molecular flexibility index (Phi) is 5.88. The number of rotatable bonds is 6. The molecule has 9 nitrogen and oxygen atoms in total. The SMILES string of the molecule is NC(=O)c1cnc(NC2CCCCC2N)nc1Nc1cccc2c1CCCN2C(=O)C1CC1. The van der Waals surface area contributed by atoms with Crippen LogP contribution in [0.4, 0.5) is 23.1 Å². The summed E-state index contributed by atoms with van der Waals surface area (Å²) in [6, 6.07) is 6.00. The van der Waals surface area contributed by atoms with Crippen molar-refractivity contribution in [2.75, 3.05) is 22.1 Å². The average molecular weight is 450 g/mol. The molecule has 1 aromatic heterocycles. The Bertz CT molecular complexity index is 1070. The predicted molar refractivity (Wildman–Crippen MR) is 128 cm³/mol. The van der Waals surface area contributed by atoms with Gasteiger partial charge in [0, 0.05) is 42.1 Å². The third-order valence-corrected chi connectivity index (χ3v) is 6.88. The van der Waals surface area contributed by atoms with Crippen molar-refractivity contribution in [1.29, 1.82) is 0 Å². The van der Waals surface area contributed by atoms with Crippen LogP contribution in [0.25, 0.3) is 0 Å². The van der Waals surface area contributed by atoms with E-state index in [-0.39, 0.29) is 29.5 Å². The average Bonchev–Trinajstić information content (AvgIpc) is 3.66. The van der Waals surface area contributed by atoms with Gasteiger partial charge in [0.1, 0.15) is 11.4 Å². The summed E-state index contributed by atoms with van der Waals surface area (Å²) in [6.45, 7) is 0.738. The van der Waals surface area contributed by atoms with Crippen LogP contribution in [0.2, 0.25) is 0 Å². The minimum Gasteiger partial charge on any atom is -0.365 e. The number of benzene rings is 1. The second-order valence-electron chi connectivity index (χ2n) is 9.32. The van der Waals surface area contributed by atoms with Crippen molar-refractivity contribution >= 4 is 35.0 Å². The number of primary amides is 1. The van der Waals surface area contributed by atoms with Gasteiger partial charge in [-0.3, -0.25) is 9.59 Å². The number of carbonyl (C=O) groups is 2. The molecule has 2 aliphatic carbocycles. The summed E-state index contributed by atoms with van der Waals surface area (Å²) in [5, 5.41) is 6.65. The number of anilines is 4. The van der Waals surface area contributed by atoms with E-state index in [9.17, 15) is 9.59 Å². The largest absolute Gasteiger partial charge is 0.365 e. The van der Waals surface area contributed by atoms with Crippen molar-refractivity contribution in [3.63, 3.8) is 0 Å². The van der Waals surface area contributed by atoms with Gasteiger partial charge in [0.15, 0.2) is 0 Å². The summed E-state index contributed by atoms with van der Waals surface area (Å²) >= 11 is 0. The summed E-state index contributed by atoms with van der Waals surface area (Å²) in [6.07, 6.45) is 9.31. The fraction of sp³-hybridized carbons (Fsp3) is 0.500. The van der Waals surface area contributed by atoms with E-state index in [0.29, 0.717) is 11.8 Å². The molecule has 2 amide bonds. The lowest BCUT2D eigenvalue weighted by Gasteiger charge is -2.31.